The molecule has 5 heteroatoms. The maximum absolute atomic E-state index is 10.8. The molecule has 0 aromatic heterocycles. The molecule has 0 spiro atoms. The number of rotatable bonds is 5. The Kier molecular flexibility index (Phi) is 5.14. The van der Waals surface area contributed by atoms with E-state index in [-0.39, 0.29) is 25.6 Å². The summed E-state index contributed by atoms with van der Waals surface area (Å²) in [7, 11) is 0. The molecule has 0 N–H and O–H groups in total. The third-order valence-electron chi connectivity index (χ3n) is 2.61. The average molecular weight is 385 g/mol. The molecule has 0 aliphatic rings. The standard InChI is InChI=1S/C14H12BrNO2Se/c15-10-14(19-13-7-2-1-3-8-13)11-5-4-6-12(9-11)16(17)18/h1-9,14H,10H2. The first-order chi connectivity index (χ1) is 9.20. The average Bonchev–Trinajstić information content (AvgIpc) is 2.46. The van der Waals surface area contributed by atoms with Gasteiger partial charge in [-0.2, -0.15) is 0 Å². The Morgan fingerprint density at radius 2 is 1.89 bits per heavy atom. The molecule has 1 atom stereocenters. The number of alkyl halides is 1. The van der Waals surface area contributed by atoms with Gasteiger partial charge < -0.3 is 0 Å². The molecule has 0 aliphatic heterocycles. The molecule has 0 saturated carbocycles. The fraction of sp³-hybridized carbons (Fsp3) is 0.143. The number of halogens is 1. The van der Waals surface area contributed by atoms with Crippen LogP contribution < -0.4 is 4.46 Å². The van der Waals surface area contributed by atoms with Crippen LogP contribution in [0.15, 0.2) is 54.6 Å². The predicted octanol–water partition coefficient (Wildman–Crippen LogP) is 3.06. The van der Waals surface area contributed by atoms with E-state index in [1.54, 1.807) is 12.1 Å². The molecule has 19 heavy (non-hydrogen) atoms. The van der Waals surface area contributed by atoms with E-state index in [2.05, 4.69) is 28.1 Å². The third kappa shape index (κ3) is 3.90. The van der Waals surface area contributed by atoms with Crippen LogP contribution in [0.1, 0.15) is 10.4 Å². The van der Waals surface area contributed by atoms with Crippen molar-refractivity contribution in [2.45, 2.75) is 4.82 Å². The summed E-state index contributed by atoms with van der Waals surface area (Å²) >= 11 is 3.77. The zero-order valence-corrected chi connectivity index (χ0v) is 13.3. The van der Waals surface area contributed by atoms with Gasteiger partial charge in [-0.05, 0) is 0 Å². The molecule has 3 nitrogen and oxygen atoms in total. The first kappa shape index (κ1) is 14.3. The van der Waals surface area contributed by atoms with Crippen LogP contribution in [0, 0.1) is 10.1 Å². The Bertz CT molecular complexity index is 562. The van der Waals surface area contributed by atoms with Crippen molar-refractivity contribution in [2.24, 2.45) is 0 Å². The molecule has 0 amide bonds. The Hall–Kier alpha value is -1.16. The summed E-state index contributed by atoms with van der Waals surface area (Å²) in [5.74, 6) is 0. The van der Waals surface area contributed by atoms with Crippen molar-refractivity contribution < 1.29 is 4.92 Å². The minimum atomic E-state index is -0.343. The van der Waals surface area contributed by atoms with Gasteiger partial charge in [0.15, 0.2) is 0 Å². The summed E-state index contributed by atoms with van der Waals surface area (Å²) in [6.07, 6.45) is 0. The van der Waals surface area contributed by atoms with Crippen molar-refractivity contribution in [1.29, 1.82) is 0 Å². The Morgan fingerprint density at radius 1 is 1.16 bits per heavy atom. The number of non-ortho nitro benzene ring substituents is 1. The summed E-state index contributed by atoms with van der Waals surface area (Å²) in [4.78, 5) is 10.8. The first-order valence-electron chi connectivity index (χ1n) is 5.72. The molecular formula is C14H12BrNO2Se. The second kappa shape index (κ2) is 6.85. The van der Waals surface area contributed by atoms with Crippen LogP contribution in [0.5, 0.6) is 0 Å². The molecule has 98 valence electrons. The zero-order valence-electron chi connectivity index (χ0n) is 10.0. The van der Waals surface area contributed by atoms with Gasteiger partial charge in [-0.3, -0.25) is 0 Å². The van der Waals surface area contributed by atoms with Gasteiger partial charge in [-0.25, -0.2) is 0 Å². The van der Waals surface area contributed by atoms with Gasteiger partial charge in [0.2, 0.25) is 0 Å². The fourth-order valence-electron chi connectivity index (χ4n) is 1.69. The van der Waals surface area contributed by atoms with Crippen LogP contribution in [0.4, 0.5) is 5.69 Å². The Labute approximate surface area is 126 Å². The SMILES string of the molecule is O=[N+]([O-])c1cccc(C(CBr)[Se]c2ccccc2)c1. The predicted molar refractivity (Wildman–Crippen MR) is 81.5 cm³/mol. The number of hydrogen-bond acceptors (Lipinski definition) is 2. The quantitative estimate of drug-likeness (QED) is 0.344. The molecular weight excluding hydrogens is 373 g/mol. The van der Waals surface area contributed by atoms with E-state index < -0.39 is 0 Å². The fourth-order valence-corrected chi connectivity index (χ4v) is 4.83. The number of hydrogen-bond donors (Lipinski definition) is 0. The second-order valence-electron chi connectivity index (χ2n) is 3.93. The zero-order chi connectivity index (χ0) is 13.7. The van der Waals surface area contributed by atoms with E-state index in [0.717, 1.165) is 10.9 Å². The number of nitro groups is 1. The molecule has 2 aromatic carbocycles. The summed E-state index contributed by atoms with van der Waals surface area (Å²) < 4.78 is 1.30. The van der Waals surface area contributed by atoms with E-state index in [1.165, 1.54) is 10.5 Å². The van der Waals surface area contributed by atoms with E-state index >= 15 is 0 Å². The maximum atomic E-state index is 10.8. The van der Waals surface area contributed by atoms with Crippen molar-refractivity contribution in [3.63, 3.8) is 0 Å². The van der Waals surface area contributed by atoms with E-state index in [0.29, 0.717) is 4.82 Å². The van der Waals surface area contributed by atoms with Gasteiger partial charge in [0.05, 0.1) is 0 Å². The van der Waals surface area contributed by atoms with Crippen LogP contribution >= 0.6 is 15.9 Å². The number of nitrogens with zero attached hydrogens (tertiary/aromatic N) is 1. The molecule has 0 fully saturated rings. The van der Waals surface area contributed by atoms with Gasteiger partial charge >= 0.3 is 126 Å². The van der Waals surface area contributed by atoms with Crippen LogP contribution in [-0.2, 0) is 0 Å². The molecule has 1 unspecified atom stereocenters. The van der Waals surface area contributed by atoms with Gasteiger partial charge in [0, 0.05) is 0 Å². The van der Waals surface area contributed by atoms with Crippen LogP contribution in [0.2, 0.25) is 0 Å². The van der Waals surface area contributed by atoms with Crippen molar-refractivity contribution in [2.75, 3.05) is 5.33 Å². The third-order valence-corrected chi connectivity index (χ3v) is 6.89. The van der Waals surface area contributed by atoms with Crippen molar-refractivity contribution in [3.8, 4) is 0 Å². The first-order valence-corrected chi connectivity index (χ1v) is 8.69. The summed E-state index contributed by atoms with van der Waals surface area (Å²) in [5.41, 5.74) is 1.18. The molecule has 0 saturated heterocycles. The molecule has 0 heterocycles. The normalized spacial score (nSPS) is 12.1. The molecule has 0 radical (unpaired) electrons. The van der Waals surface area contributed by atoms with Crippen molar-refractivity contribution >= 4 is 41.0 Å². The summed E-state index contributed by atoms with van der Waals surface area (Å²) in [5, 5.41) is 11.6. The van der Waals surface area contributed by atoms with E-state index in [4.69, 9.17) is 0 Å². The molecule has 0 aliphatic carbocycles. The van der Waals surface area contributed by atoms with Crippen LogP contribution in [0.25, 0.3) is 0 Å². The summed E-state index contributed by atoms with van der Waals surface area (Å²) in [6, 6.07) is 17.2. The van der Waals surface area contributed by atoms with Crippen molar-refractivity contribution in [3.05, 3.63) is 70.3 Å². The second-order valence-corrected chi connectivity index (χ2v) is 7.25. The minimum absolute atomic E-state index is 0.160. The molecule has 2 aromatic rings. The monoisotopic (exact) mass is 385 g/mol. The number of nitro benzene ring substituents is 1. The summed E-state index contributed by atoms with van der Waals surface area (Å²) in [6.45, 7) is 0. The van der Waals surface area contributed by atoms with Crippen molar-refractivity contribution in [1.82, 2.24) is 0 Å². The van der Waals surface area contributed by atoms with E-state index in [9.17, 15) is 10.1 Å². The molecule has 2 rings (SSSR count). The Morgan fingerprint density at radius 3 is 2.53 bits per heavy atom. The topological polar surface area (TPSA) is 43.1 Å². The van der Waals surface area contributed by atoms with Crippen LogP contribution in [-0.4, -0.2) is 25.2 Å². The Balaban J connectivity index is 2.22. The van der Waals surface area contributed by atoms with Gasteiger partial charge in [-0.1, -0.05) is 0 Å². The van der Waals surface area contributed by atoms with Gasteiger partial charge in [0.25, 0.3) is 0 Å². The number of benzene rings is 2. The molecule has 0 bridgehead atoms. The van der Waals surface area contributed by atoms with Gasteiger partial charge in [-0.15, -0.1) is 0 Å². The van der Waals surface area contributed by atoms with Gasteiger partial charge in [0.1, 0.15) is 0 Å². The van der Waals surface area contributed by atoms with Crippen LogP contribution in [0.3, 0.4) is 0 Å². The van der Waals surface area contributed by atoms with E-state index in [1.807, 2.05) is 24.3 Å².